The van der Waals surface area contributed by atoms with Crippen LogP contribution < -0.4 is 5.32 Å². The van der Waals surface area contributed by atoms with Gasteiger partial charge in [0.2, 0.25) is 5.91 Å². The molecule has 31 heavy (non-hydrogen) atoms. The van der Waals surface area contributed by atoms with Gasteiger partial charge in [0.05, 0.1) is 11.0 Å². The van der Waals surface area contributed by atoms with Crippen LogP contribution in [-0.4, -0.2) is 25.9 Å². The van der Waals surface area contributed by atoms with Gasteiger partial charge in [0.1, 0.15) is 5.82 Å². The zero-order valence-electron chi connectivity index (χ0n) is 18.2. The lowest BCUT2D eigenvalue weighted by Crippen LogP contribution is -2.25. The molecular weight excluding hydrogens is 424 g/mol. The molecule has 0 saturated carbocycles. The van der Waals surface area contributed by atoms with Crippen molar-refractivity contribution in [3.63, 3.8) is 0 Å². The molecule has 1 N–H and O–H groups in total. The number of carbonyl (C=O) groups is 1. The number of aromatic nitrogens is 3. The molecule has 1 aromatic heterocycles. The summed E-state index contributed by atoms with van der Waals surface area (Å²) in [7, 11) is 0. The minimum absolute atomic E-state index is 0.0240. The van der Waals surface area contributed by atoms with E-state index in [2.05, 4.69) is 41.1 Å². The highest BCUT2D eigenvalue weighted by Gasteiger charge is 2.22. The lowest BCUT2D eigenvalue weighted by molar-refractivity contribution is -0.115. The zero-order valence-corrected chi connectivity index (χ0v) is 19.8. The fraction of sp³-hybridized carbons (Fsp3) is 0.292. The van der Waals surface area contributed by atoms with Crippen molar-refractivity contribution < 1.29 is 4.79 Å². The fourth-order valence-electron chi connectivity index (χ4n) is 2.98. The van der Waals surface area contributed by atoms with Crippen LogP contribution in [0.25, 0.3) is 0 Å². The maximum absolute atomic E-state index is 12.9. The molecular formula is C24H28N4OS2. The quantitative estimate of drug-likeness (QED) is 0.307. The summed E-state index contributed by atoms with van der Waals surface area (Å²) in [5.41, 5.74) is 3.18. The summed E-state index contributed by atoms with van der Waals surface area (Å²) in [6.45, 7) is 10.6. The largest absolute Gasteiger partial charge is 0.325 e. The highest BCUT2D eigenvalue weighted by Crippen LogP contribution is 2.28. The Bertz CT molecular complexity index is 1030. The molecule has 1 unspecified atom stereocenters. The first kappa shape index (κ1) is 23.2. The molecule has 1 atom stereocenters. The maximum atomic E-state index is 12.9. The molecule has 1 heterocycles. The van der Waals surface area contributed by atoms with Crippen molar-refractivity contribution in [3.8, 4) is 0 Å². The van der Waals surface area contributed by atoms with Crippen LogP contribution in [0.5, 0.6) is 0 Å². The first-order valence-electron chi connectivity index (χ1n) is 10.3. The van der Waals surface area contributed by atoms with Crippen molar-refractivity contribution in [2.45, 2.75) is 54.8 Å². The van der Waals surface area contributed by atoms with Gasteiger partial charge in [0.25, 0.3) is 0 Å². The number of aryl methyl sites for hydroxylation is 2. The number of nitrogens with zero attached hydrogens (tertiary/aromatic N) is 3. The molecule has 0 aliphatic carbocycles. The molecule has 1 amide bonds. The summed E-state index contributed by atoms with van der Waals surface area (Å²) in [4.78, 5) is 14.1. The van der Waals surface area contributed by atoms with E-state index < -0.39 is 0 Å². The minimum atomic E-state index is -0.260. The summed E-state index contributed by atoms with van der Waals surface area (Å²) in [6.07, 6.45) is 2.52. The smallest absolute Gasteiger partial charge is 0.237 e. The Labute approximate surface area is 192 Å². The summed E-state index contributed by atoms with van der Waals surface area (Å²) in [5.74, 6) is 1.56. The van der Waals surface area contributed by atoms with E-state index in [0.717, 1.165) is 22.2 Å². The number of hydrogen-bond donors (Lipinski definition) is 1. The monoisotopic (exact) mass is 452 g/mol. The Kier molecular flexibility index (Phi) is 8.37. The van der Waals surface area contributed by atoms with E-state index in [9.17, 15) is 4.79 Å². The maximum Gasteiger partial charge on any atom is 0.237 e. The van der Waals surface area contributed by atoms with E-state index >= 15 is 0 Å². The Hall–Kier alpha value is -2.51. The molecule has 7 heteroatoms. The number of allylic oxidation sites excluding steroid dienone is 1. The molecule has 162 valence electrons. The standard InChI is InChI=1S/C24H28N4OS2/c1-5-14-28-22(16-30-20-10-8-7-9-11-20)26-27-24(28)31-21(6-2)23(29)25-19-13-12-17(3)18(4)15-19/h5,7-13,15,21H,1,6,14,16H2,2-4H3,(H,25,29). The minimum Gasteiger partial charge on any atom is -0.325 e. The number of hydrogen-bond acceptors (Lipinski definition) is 5. The highest BCUT2D eigenvalue weighted by atomic mass is 32.2. The predicted octanol–water partition coefficient (Wildman–Crippen LogP) is 5.88. The van der Waals surface area contributed by atoms with Crippen molar-refractivity contribution in [2.24, 2.45) is 0 Å². The molecule has 0 saturated heterocycles. The lowest BCUT2D eigenvalue weighted by atomic mass is 10.1. The topological polar surface area (TPSA) is 59.8 Å². The van der Waals surface area contributed by atoms with E-state index in [0.29, 0.717) is 18.7 Å². The third-order valence-electron chi connectivity index (χ3n) is 4.90. The van der Waals surface area contributed by atoms with Gasteiger partial charge >= 0.3 is 0 Å². The first-order valence-corrected chi connectivity index (χ1v) is 12.1. The van der Waals surface area contributed by atoms with E-state index in [1.807, 2.05) is 60.9 Å². The van der Waals surface area contributed by atoms with Gasteiger partial charge in [-0.1, -0.05) is 49.0 Å². The van der Waals surface area contributed by atoms with Gasteiger partial charge in [0, 0.05) is 17.1 Å². The van der Waals surface area contributed by atoms with Crippen LogP contribution in [0.1, 0.15) is 30.3 Å². The van der Waals surface area contributed by atoms with Gasteiger partial charge in [-0.05, 0) is 55.7 Å². The molecule has 5 nitrogen and oxygen atoms in total. The Morgan fingerprint density at radius 2 is 1.94 bits per heavy atom. The third-order valence-corrected chi connectivity index (χ3v) is 7.25. The second-order valence-electron chi connectivity index (χ2n) is 7.20. The van der Waals surface area contributed by atoms with Crippen LogP contribution in [0.2, 0.25) is 0 Å². The summed E-state index contributed by atoms with van der Waals surface area (Å²) < 4.78 is 2.04. The van der Waals surface area contributed by atoms with Crippen molar-refractivity contribution >= 4 is 35.1 Å². The Morgan fingerprint density at radius 1 is 1.16 bits per heavy atom. The molecule has 0 bridgehead atoms. The Morgan fingerprint density at radius 3 is 2.61 bits per heavy atom. The van der Waals surface area contributed by atoms with Crippen molar-refractivity contribution in [2.75, 3.05) is 5.32 Å². The van der Waals surface area contributed by atoms with E-state index in [1.165, 1.54) is 22.2 Å². The second kappa shape index (κ2) is 11.2. The normalized spacial score (nSPS) is 11.8. The van der Waals surface area contributed by atoms with Gasteiger partial charge in [0.15, 0.2) is 5.16 Å². The number of thioether (sulfide) groups is 2. The van der Waals surface area contributed by atoms with Gasteiger partial charge < -0.3 is 9.88 Å². The predicted molar refractivity (Wildman–Crippen MR) is 131 cm³/mol. The number of amides is 1. The number of carbonyl (C=O) groups excluding carboxylic acids is 1. The average molecular weight is 453 g/mol. The number of rotatable bonds is 10. The molecule has 3 rings (SSSR count). The van der Waals surface area contributed by atoms with Crippen LogP contribution in [0, 0.1) is 13.8 Å². The third kappa shape index (κ3) is 6.24. The molecule has 3 aromatic rings. The summed E-state index contributed by atoms with van der Waals surface area (Å²) in [6, 6.07) is 16.2. The van der Waals surface area contributed by atoms with Crippen LogP contribution in [0.15, 0.2) is 71.2 Å². The molecule has 0 aliphatic heterocycles. The zero-order chi connectivity index (χ0) is 22.2. The SMILES string of the molecule is C=CCn1c(CSc2ccccc2)nnc1SC(CC)C(=O)Nc1ccc(C)c(C)c1. The van der Waals surface area contributed by atoms with Crippen molar-refractivity contribution in [1.29, 1.82) is 0 Å². The molecule has 2 aromatic carbocycles. The summed E-state index contributed by atoms with van der Waals surface area (Å²) in [5, 5.41) is 12.3. The second-order valence-corrected chi connectivity index (χ2v) is 9.42. The number of anilines is 1. The lowest BCUT2D eigenvalue weighted by Gasteiger charge is -2.16. The van der Waals surface area contributed by atoms with E-state index in [-0.39, 0.29) is 11.2 Å². The molecule has 0 aliphatic rings. The first-order chi connectivity index (χ1) is 15.0. The average Bonchev–Trinajstić information content (AvgIpc) is 3.15. The highest BCUT2D eigenvalue weighted by molar-refractivity contribution is 8.00. The van der Waals surface area contributed by atoms with Crippen LogP contribution in [0.4, 0.5) is 5.69 Å². The Balaban J connectivity index is 1.71. The van der Waals surface area contributed by atoms with Gasteiger partial charge in [-0.15, -0.1) is 28.5 Å². The molecule has 0 fully saturated rings. The van der Waals surface area contributed by atoms with E-state index in [4.69, 9.17) is 0 Å². The van der Waals surface area contributed by atoms with Gasteiger partial charge in [-0.25, -0.2) is 0 Å². The summed E-state index contributed by atoms with van der Waals surface area (Å²) >= 11 is 3.17. The fourth-order valence-corrected chi connectivity index (χ4v) is 4.82. The van der Waals surface area contributed by atoms with Crippen LogP contribution >= 0.6 is 23.5 Å². The number of benzene rings is 2. The van der Waals surface area contributed by atoms with Crippen LogP contribution in [-0.2, 0) is 17.1 Å². The molecule has 0 radical (unpaired) electrons. The van der Waals surface area contributed by atoms with Gasteiger partial charge in [-0.3, -0.25) is 4.79 Å². The van der Waals surface area contributed by atoms with Crippen LogP contribution in [0.3, 0.4) is 0 Å². The number of nitrogens with one attached hydrogen (secondary N) is 1. The van der Waals surface area contributed by atoms with Crippen molar-refractivity contribution in [1.82, 2.24) is 14.8 Å². The van der Waals surface area contributed by atoms with Gasteiger partial charge in [-0.2, -0.15) is 0 Å². The molecule has 0 spiro atoms. The van der Waals surface area contributed by atoms with Crippen molar-refractivity contribution in [3.05, 3.63) is 78.1 Å². The van der Waals surface area contributed by atoms with E-state index in [1.54, 1.807) is 11.8 Å².